The fraction of sp³-hybridized carbons (Fsp3) is 0.438. The zero-order valence-electron chi connectivity index (χ0n) is 12.0. The van der Waals surface area contributed by atoms with Gasteiger partial charge in [-0.25, -0.2) is 9.37 Å². The highest BCUT2D eigenvalue weighted by Gasteiger charge is 2.21. The summed E-state index contributed by atoms with van der Waals surface area (Å²) in [5.41, 5.74) is 3.22. The van der Waals surface area contributed by atoms with Gasteiger partial charge in [0.25, 0.3) is 0 Å². The molecule has 0 unspecified atom stereocenters. The molecule has 0 aliphatic carbocycles. The van der Waals surface area contributed by atoms with Crippen molar-refractivity contribution in [3.63, 3.8) is 0 Å². The molecule has 0 fully saturated rings. The third-order valence-electron chi connectivity index (χ3n) is 3.61. The summed E-state index contributed by atoms with van der Waals surface area (Å²) in [5.74, 6) is 1.37. The minimum absolute atomic E-state index is 0.200. The number of hydrogen-bond acceptors (Lipinski definition) is 2. The molecule has 0 bridgehead atoms. The molecule has 1 aliphatic heterocycles. The summed E-state index contributed by atoms with van der Waals surface area (Å²) in [4.78, 5) is 4.77. The van der Waals surface area contributed by atoms with E-state index in [1.54, 1.807) is 12.1 Å². The Kier molecular flexibility index (Phi) is 3.57. The molecule has 1 N–H and O–H groups in total. The minimum atomic E-state index is -0.200. The monoisotopic (exact) mass is 273 g/mol. The SMILES string of the molecule is CC(C)Cc1nc2c(n1-c1cccc(F)c1)CCNC2. The van der Waals surface area contributed by atoms with Crippen molar-refractivity contribution in [2.45, 2.75) is 33.2 Å². The molecule has 0 amide bonds. The van der Waals surface area contributed by atoms with Crippen LogP contribution < -0.4 is 5.32 Å². The van der Waals surface area contributed by atoms with Gasteiger partial charge < -0.3 is 9.88 Å². The van der Waals surface area contributed by atoms with E-state index in [0.717, 1.165) is 43.1 Å². The van der Waals surface area contributed by atoms with Crippen LogP contribution in [-0.4, -0.2) is 16.1 Å². The molecule has 0 radical (unpaired) electrons. The average molecular weight is 273 g/mol. The molecule has 0 saturated carbocycles. The van der Waals surface area contributed by atoms with Crippen LogP contribution in [0.15, 0.2) is 24.3 Å². The minimum Gasteiger partial charge on any atom is -0.311 e. The first kappa shape index (κ1) is 13.3. The summed E-state index contributed by atoms with van der Waals surface area (Å²) in [6.45, 7) is 6.13. The number of imidazole rings is 1. The van der Waals surface area contributed by atoms with Gasteiger partial charge in [0.15, 0.2) is 0 Å². The normalized spacial score (nSPS) is 14.6. The molecule has 3 nitrogen and oxygen atoms in total. The van der Waals surface area contributed by atoms with E-state index in [0.29, 0.717) is 5.92 Å². The molecule has 106 valence electrons. The number of hydrogen-bond donors (Lipinski definition) is 1. The highest BCUT2D eigenvalue weighted by Crippen LogP contribution is 2.23. The predicted molar refractivity (Wildman–Crippen MR) is 77.5 cm³/mol. The van der Waals surface area contributed by atoms with E-state index in [2.05, 4.69) is 23.7 Å². The first-order chi connectivity index (χ1) is 9.65. The third-order valence-corrected chi connectivity index (χ3v) is 3.61. The second kappa shape index (κ2) is 5.37. The van der Waals surface area contributed by atoms with Crippen molar-refractivity contribution in [2.24, 2.45) is 5.92 Å². The van der Waals surface area contributed by atoms with E-state index in [9.17, 15) is 4.39 Å². The highest BCUT2D eigenvalue weighted by molar-refractivity contribution is 5.39. The Morgan fingerprint density at radius 1 is 1.40 bits per heavy atom. The quantitative estimate of drug-likeness (QED) is 0.932. The van der Waals surface area contributed by atoms with Gasteiger partial charge in [-0.15, -0.1) is 0 Å². The first-order valence-corrected chi connectivity index (χ1v) is 7.21. The van der Waals surface area contributed by atoms with Crippen molar-refractivity contribution in [2.75, 3.05) is 6.54 Å². The number of nitrogens with one attached hydrogen (secondary N) is 1. The van der Waals surface area contributed by atoms with Crippen LogP contribution in [0.1, 0.15) is 31.1 Å². The molecule has 1 aromatic heterocycles. The number of aromatic nitrogens is 2. The Morgan fingerprint density at radius 3 is 3.00 bits per heavy atom. The zero-order chi connectivity index (χ0) is 14.1. The van der Waals surface area contributed by atoms with Crippen LogP contribution in [0.3, 0.4) is 0 Å². The van der Waals surface area contributed by atoms with E-state index in [1.807, 2.05) is 6.07 Å². The van der Waals surface area contributed by atoms with Gasteiger partial charge in [-0.3, -0.25) is 0 Å². The molecule has 4 heteroatoms. The zero-order valence-corrected chi connectivity index (χ0v) is 12.0. The molecule has 3 rings (SSSR count). The van der Waals surface area contributed by atoms with Crippen LogP contribution in [0.2, 0.25) is 0 Å². The summed E-state index contributed by atoms with van der Waals surface area (Å²) < 4.78 is 15.7. The predicted octanol–water partition coefficient (Wildman–Crippen LogP) is 2.86. The third kappa shape index (κ3) is 2.48. The summed E-state index contributed by atoms with van der Waals surface area (Å²) in [7, 11) is 0. The molecule has 20 heavy (non-hydrogen) atoms. The lowest BCUT2D eigenvalue weighted by molar-refractivity contribution is 0.603. The van der Waals surface area contributed by atoms with Crippen molar-refractivity contribution in [1.29, 1.82) is 0 Å². The lowest BCUT2D eigenvalue weighted by atomic mass is 10.1. The number of fused-ring (bicyclic) bond motifs is 1. The van der Waals surface area contributed by atoms with Gasteiger partial charge >= 0.3 is 0 Å². The van der Waals surface area contributed by atoms with Crippen LogP contribution in [0.4, 0.5) is 4.39 Å². The number of benzene rings is 1. The van der Waals surface area contributed by atoms with Crippen molar-refractivity contribution in [3.8, 4) is 5.69 Å². The van der Waals surface area contributed by atoms with Crippen molar-refractivity contribution in [1.82, 2.24) is 14.9 Å². The Morgan fingerprint density at radius 2 is 2.25 bits per heavy atom. The van der Waals surface area contributed by atoms with Gasteiger partial charge in [0.05, 0.1) is 5.69 Å². The van der Waals surface area contributed by atoms with E-state index < -0.39 is 0 Å². The summed E-state index contributed by atoms with van der Waals surface area (Å²) in [5, 5.41) is 3.35. The van der Waals surface area contributed by atoms with Gasteiger partial charge in [-0.2, -0.15) is 0 Å². The Hall–Kier alpha value is -1.68. The van der Waals surface area contributed by atoms with Gasteiger partial charge in [0, 0.05) is 37.3 Å². The standard InChI is InChI=1S/C16H20FN3/c1-11(2)8-16-19-14-10-18-7-6-15(14)20(16)13-5-3-4-12(17)9-13/h3-5,9,11,18H,6-8,10H2,1-2H3. The van der Waals surface area contributed by atoms with Gasteiger partial charge in [-0.1, -0.05) is 19.9 Å². The van der Waals surface area contributed by atoms with E-state index in [4.69, 9.17) is 4.98 Å². The summed E-state index contributed by atoms with van der Waals surface area (Å²) in [6.07, 6.45) is 1.85. The van der Waals surface area contributed by atoms with E-state index >= 15 is 0 Å². The highest BCUT2D eigenvalue weighted by atomic mass is 19.1. The molecule has 1 aliphatic rings. The lowest BCUT2D eigenvalue weighted by Gasteiger charge is -2.16. The first-order valence-electron chi connectivity index (χ1n) is 7.21. The molecule has 2 aromatic rings. The fourth-order valence-electron chi connectivity index (χ4n) is 2.79. The average Bonchev–Trinajstić information content (AvgIpc) is 2.75. The van der Waals surface area contributed by atoms with Crippen molar-refractivity contribution in [3.05, 3.63) is 47.3 Å². The number of nitrogens with zero attached hydrogens (tertiary/aromatic N) is 2. The van der Waals surface area contributed by atoms with Crippen molar-refractivity contribution >= 4 is 0 Å². The van der Waals surface area contributed by atoms with E-state index in [1.165, 1.54) is 11.8 Å². The fourth-order valence-corrected chi connectivity index (χ4v) is 2.79. The summed E-state index contributed by atoms with van der Waals surface area (Å²) in [6, 6.07) is 6.79. The Balaban J connectivity index is 2.13. The van der Waals surface area contributed by atoms with E-state index in [-0.39, 0.29) is 5.82 Å². The number of rotatable bonds is 3. The van der Waals surface area contributed by atoms with Crippen LogP contribution >= 0.6 is 0 Å². The van der Waals surface area contributed by atoms with Gasteiger partial charge in [-0.05, 0) is 24.1 Å². The van der Waals surface area contributed by atoms with Crippen LogP contribution in [0, 0.1) is 11.7 Å². The maximum atomic E-state index is 13.5. The number of halogens is 1. The molecular weight excluding hydrogens is 253 g/mol. The molecule has 1 aromatic carbocycles. The second-order valence-corrected chi connectivity index (χ2v) is 5.76. The largest absolute Gasteiger partial charge is 0.311 e. The van der Waals surface area contributed by atoms with Gasteiger partial charge in [0.1, 0.15) is 11.6 Å². The molecule has 2 heterocycles. The van der Waals surface area contributed by atoms with Crippen LogP contribution in [0.25, 0.3) is 5.69 Å². The topological polar surface area (TPSA) is 29.9 Å². The van der Waals surface area contributed by atoms with Crippen molar-refractivity contribution < 1.29 is 4.39 Å². The molecule has 0 saturated heterocycles. The molecular formula is C16H20FN3. The summed E-state index contributed by atoms with van der Waals surface area (Å²) >= 11 is 0. The van der Waals surface area contributed by atoms with Crippen LogP contribution in [-0.2, 0) is 19.4 Å². The van der Waals surface area contributed by atoms with Gasteiger partial charge in [0.2, 0.25) is 0 Å². The Labute approximate surface area is 118 Å². The lowest BCUT2D eigenvalue weighted by Crippen LogP contribution is -2.24. The smallest absolute Gasteiger partial charge is 0.125 e. The maximum absolute atomic E-state index is 13.5. The Bertz CT molecular complexity index is 616. The maximum Gasteiger partial charge on any atom is 0.125 e. The van der Waals surface area contributed by atoms with Crippen LogP contribution in [0.5, 0.6) is 0 Å². The molecule has 0 atom stereocenters. The second-order valence-electron chi connectivity index (χ2n) is 5.76. The molecule has 0 spiro atoms.